The standard InChI is InChI=1S/C12H15NO3/c1-15-12(16-2)11(14)9-4-3-5-10-8(9)6-7-13-10/h3-7,11-14H,1-2H3. The zero-order chi connectivity index (χ0) is 11.5. The van der Waals surface area contributed by atoms with Crippen LogP contribution in [0.15, 0.2) is 30.5 Å². The number of rotatable bonds is 4. The number of ether oxygens (including phenoxy) is 2. The molecule has 0 bridgehead atoms. The van der Waals surface area contributed by atoms with E-state index in [9.17, 15) is 5.11 Å². The van der Waals surface area contributed by atoms with Crippen molar-refractivity contribution in [3.63, 3.8) is 0 Å². The van der Waals surface area contributed by atoms with Crippen LogP contribution in [0, 0.1) is 0 Å². The minimum Gasteiger partial charge on any atom is -0.383 e. The Morgan fingerprint density at radius 3 is 2.62 bits per heavy atom. The van der Waals surface area contributed by atoms with Crippen molar-refractivity contribution < 1.29 is 14.6 Å². The number of fused-ring (bicyclic) bond motifs is 1. The van der Waals surface area contributed by atoms with E-state index in [1.54, 1.807) is 0 Å². The number of nitrogens with one attached hydrogen (secondary N) is 1. The third kappa shape index (κ3) is 1.82. The van der Waals surface area contributed by atoms with Crippen LogP contribution in [0.4, 0.5) is 0 Å². The summed E-state index contributed by atoms with van der Waals surface area (Å²) in [5.41, 5.74) is 1.79. The van der Waals surface area contributed by atoms with E-state index in [0.29, 0.717) is 0 Å². The Balaban J connectivity index is 2.42. The van der Waals surface area contributed by atoms with Gasteiger partial charge in [-0.15, -0.1) is 0 Å². The highest BCUT2D eigenvalue weighted by Gasteiger charge is 2.21. The average molecular weight is 221 g/mol. The zero-order valence-corrected chi connectivity index (χ0v) is 9.31. The molecule has 2 aromatic rings. The highest BCUT2D eigenvalue weighted by Crippen LogP contribution is 2.26. The minimum atomic E-state index is -0.797. The molecule has 0 fully saturated rings. The number of hydrogen-bond acceptors (Lipinski definition) is 3. The Kier molecular flexibility index (Phi) is 3.24. The van der Waals surface area contributed by atoms with Gasteiger partial charge in [0, 0.05) is 31.3 Å². The molecule has 1 atom stereocenters. The van der Waals surface area contributed by atoms with E-state index in [-0.39, 0.29) is 0 Å². The van der Waals surface area contributed by atoms with Crippen molar-refractivity contribution in [3.8, 4) is 0 Å². The van der Waals surface area contributed by atoms with Gasteiger partial charge in [-0.05, 0) is 17.7 Å². The van der Waals surface area contributed by atoms with Crippen LogP contribution >= 0.6 is 0 Å². The van der Waals surface area contributed by atoms with Crippen LogP contribution in [0.1, 0.15) is 11.7 Å². The molecule has 2 rings (SSSR count). The molecule has 0 aliphatic carbocycles. The molecule has 0 aliphatic rings. The van der Waals surface area contributed by atoms with Crippen LogP contribution in [0.2, 0.25) is 0 Å². The van der Waals surface area contributed by atoms with Crippen LogP contribution in [-0.2, 0) is 9.47 Å². The third-order valence-corrected chi connectivity index (χ3v) is 2.67. The molecule has 0 saturated carbocycles. The van der Waals surface area contributed by atoms with Gasteiger partial charge in [0.05, 0.1) is 0 Å². The van der Waals surface area contributed by atoms with Crippen molar-refractivity contribution in [2.45, 2.75) is 12.4 Å². The summed E-state index contributed by atoms with van der Waals surface area (Å²) in [5, 5.41) is 11.1. The van der Waals surface area contributed by atoms with Crippen molar-refractivity contribution in [3.05, 3.63) is 36.0 Å². The van der Waals surface area contributed by atoms with Crippen molar-refractivity contribution >= 4 is 10.9 Å². The highest BCUT2D eigenvalue weighted by molar-refractivity contribution is 5.83. The van der Waals surface area contributed by atoms with E-state index >= 15 is 0 Å². The average Bonchev–Trinajstić information content (AvgIpc) is 2.78. The number of H-pyrrole nitrogens is 1. The van der Waals surface area contributed by atoms with E-state index in [4.69, 9.17) is 9.47 Å². The van der Waals surface area contributed by atoms with Gasteiger partial charge in [-0.25, -0.2) is 0 Å². The predicted octanol–water partition coefficient (Wildman–Crippen LogP) is 1.82. The first-order chi connectivity index (χ1) is 7.77. The fourth-order valence-electron chi connectivity index (χ4n) is 1.87. The molecule has 0 amide bonds. The lowest BCUT2D eigenvalue weighted by molar-refractivity contribution is -0.165. The first-order valence-electron chi connectivity index (χ1n) is 5.07. The van der Waals surface area contributed by atoms with Crippen LogP contribution in [0.3, 0.4) is 0 Å². The molecular weight excluding hydrogens is 206 g/mol. The van der Waals surface area contributed by atoms with Gasteiger partial charge >= 0.3 is 0 Å². The quantitative estimate of drug-likeness (QED) is 0.774. The van der Waals surface area contributed by atoms with Crippen molar-refractivity contribution in [2.24, 2.45) is 0 Å². The minimum absolute atomic E-state index is 0.652. The van der Waals surface area contributed by atoms with Crippen LogP contribution in [-0.4, -0.2) is 30.6 Å². The maximum atomic E-state index is 10.1. The van der Waals surface area contributed by atoms with Gasteiger partial charge in [0.1, 0.15) is 6.10 Å². The molecule has 0 radical (unpaired) electrons. The van der Waals surface area contributed by atoms with Gasteiger partial charge in [-0.2, -0.15) is 0 Å². The molecule has 86 valence electrons. The number of methoxy groups -OCH3 is 2. The summed E-state index contributed by atoms with van der Waals surface area (Å²) >= 11 is 0. The van der Waals surface area contributed by atoms with E-state index in [1.807, 2.05) is 30.5 Å². The molecule has 2 N–H and O–H groups in total. The number of aliphatic hydroxyl groups excluding tert-OH is 1. The molecule has 1 heterocycles. The second-order valence-electron chi connectivity index (χ2n) is 3.57. The Labute approximate surface area is 93.8 Å². The van der Waals surface area contributed by atoms with Gasteiger partial charge in [0.25, 0.3) is 0 Å². The number of hydrogen-bond donors (Lipinski definition) is 2. The molecule has 1 aromatic heterocycles. The summed E-state index contributed by atoms with van der Waals surface area (Å²) in [6, 6.07) is 7.64. The molecule has 4 heteroatoms. The number of aliphatic hydroxyl groups is 1. The Morgan fingerprint density at radius 1 is 1.19 bits per heavy atom. The Hall–Kier alpha value is -1.36. The summed E-state index contributed by atoms with van der Waals surface area (Å²) < 4.78 is 10.1. The highest BCUT2D eigenvalue weighted by atomic mass is 16.7. The summed E-state index contributed by atoms with van der Waals surface area (Å²) in [7, 11) is 3.02. The summed E-state index contributed by atoms with van der Waals surface area (Å²) in [6.45, 7) is 0. The first kappa shape index (κ1) is 11.1. The fourth-order valence-corrected chi connectivity index (χ4v) is 1.87. The predicted molar refractivity (Wildman–Crippen MR) is 61.1 cm³/mol. The largest absolute Gasteiger partial charge is 0.383 e. The van der Waals surface area contributed by atoms with E-state index in [1.165, 1.54) is 14.2 Å². The van der Waals surface area contributed by atoms with Gasteiger partial charge in [0.2, 0.25) is 0 Å². The van der Waals surface area contributed by atoms with Gasteiger partial charge in [-0.1, -0.05) is 12.1 Å². The Bertz CT molecular complexity index is 462. The summed E-state index contributed by atoms with van der Waals surface area (Å²) in [5.74, 6) is 0. The third-order valence-electron chi connectivity index (χ3n) is 2.67. The lowest BCUT2D eigenvalue weighted by atomic mass is 10.0. The normalized spacial score (nSPS) is 13.5. The number of benzene rings is 1. The van der Waals surface area contributed by atoms with Gasteiger partial charge in [-0.3, -0.25) is 0 Å². The second kappa shape index (κ2) is 4.65. The van der Waals surface area contributed by atoms with E-state index in [2.05, 4.69) is 4.98 Å². The first-order valence-corrected chi connectivity index (χ1v) is 5.07. The van der Waals surface area contributed by atoms with Gasteiger partial charge < -0.3 is 19.6 Å². The smallest absolute Gasteiger partial charge is 0.187 e. The molecule has 0 spiro atoms. The molecular formula is C12H15NO3. The summed E-state index contributed by atoms with van der Waals surface area (Å²) in [4.78, 5) is 3.10. The van der Waals surface area contributed by atoms with Gasteiger partial charge in [0.15, 0.2) is 6.29 Å². The molecule has 1 aromatic carbocycles. The van der Waals surface area contributed by atoms with E-state index in [0.717, 1.165) is 16.5 Å². The number of aromatic nitrogens is 1. The maximum Gasteiger partial charge on any atom is 0.187 e. The lowest BCUT2D eigenvalue weighted by Crippen LogP contribution is -2.22. The van der Waals surface area contributed by atoms with Crippen LogP contribution in [0.25, 0.3) is 10.9 Å². The molecule has 0 aliphatic heterocycles. The van der Waals surface area contributed by atoms with Crippen molar-refractivity contribution in [1.29, 1.82) is 0 Å². The zero-order valence-electron chi connectivity index (χ0n) is 9.31. The lowest BCUT2D eigenvalue weighted by Gasteiger charge is -2.20. The fraction of sp³-hybridized carbons (Fsp3) is 0.333. The van der Waals surface area contributed by atoms with Crippen LogP contribution < -0.4 is 0 Å². The molecule has 16 heavy (non-hydrogen) atoms. The monoisotopic (exact) mass is 221 g/mol. The Morgan fingerprint density at radius 2 is 1.94 bits per heavy atom. The number of aromatic amines is 1. The second-order valence-corrected chi connectivity index (χ2v) is 3.57. The summed E-state index contributed by atoms with van der Waals surface area (Å²) in [6.07, 6.45) is 0.394. The van der Waals surface area contributed by atoms with Crippen LogP contribution in [0.5, 0.6) is 0 Å². The topological polar surface area (TPSA) is 54.5 Å². The molecule has 4 nitrogen and oxygen atoms in total. The SMILES string of the molecule is COC(OC)C(O)c1cccc2[nH]ccc12. The van der Waals surface area contributed by atoms with Crippen molar-refractivity contribution in [1.82, 2.24) is 4.98 Å². The maximum absolute atomic E-state index is 10.1. The van der Waals surface area contributed by atoms with E-state index < -0.39 is 12.4 Å². The molecule has 0 saturated heterocycles. The van der Waals surface area contributed by atoms with Crippen molar-refractivity contribution in [2.75, 3.05) is 14.2 Å². The molecule has 1 unspecified atom stereocenters.